The molecule has 1 heterocycles. The Hall–Kier alpha value is -1.56. The predicted octanol–water partition coefficient (Wildman–Crippen LogP) is 3.68. The minimum atomic E-state index is -0.520. The maximum atomic E-state index is 12.7. The SMILES string of the molecule is CC(C(=O)N1CCC(NC(=O)OC(C)(C)C)C1)c1cccc(Br)c1. The molecule has 1 N–H and O–H groups in total. The van der Waals surface area contributed by atoms with E-state index in [1.54, 1.807) is 0 Å². The molecule has 0 bridgehead atoms. The lowest BCUT2D eigenvalue weighted by atomic mass is 10.00. The lowest BCUT2D eigenvalue weighted by molar-refractivity contribution is -0.131. The first kappa shape index (κ1) is 18.8. The Morgan fingerprint density at radius 3 is 2.71 bits per heavy atom. The first-order chi connectivity index (χ1) is 11.2. The molecule has 6 heteroatoms. The number of likely N-dealkylation sites (tertiary alicyclic amines) is 1. The van der Waals surface area contributed by atoms with Crippen molar-refractivity contribution in [2.24, 2.45) is 0 Å². The summed E-state index contributed by atoms with van der Waals surface area (Å²) in [5.74, 6) is -0.121. The number of amides is 2. The maximum absolute atomic E-state index is 12.7. The van der Waals surface area contributed by atoms with Gasteiger partial charge in [0.15, 0.2) is 0 Å². The fraction of sp³-hybridized carbons (Fsp3) is 0.556. The number of halogens is 1. The van der Waals surface area contributed by atoms with Crippen LogP contribution < -0.4 is 5.32 Å². The molecule has 5 nitrogen and oxygen atoms in total. The van der Waals surface area contributed by atoms with Gasteiger partial charge in [0.2, 0.25) is 5.91 Å². The fourth-order valence-electron chi connectivity index (χ4n) is 2.74. The van der Waals surface area contributed by atoms with Crippen molar-refractivity contribution in [2.45, 2.75) is 51.7 Å². The second-order valence-electron chi connectivity index (χ2n) is 7.19. The van der Waals surface area contributed by atoms with E-state index in [1.807, 2.05) is 56.9 Å². The lowest BCUT2D eigenvalue weighted by Gasteiger charge is -2.23. The van der Waals surface area contributed by atoms with Crippen molar-refractivity contribution in [1.29, 1.82) is 0 Å². The zero-order chi connectivity index (χ0) is 17.9. The zero-order valence-electron chi connectivity index (χ0n) is 14.6. The number of carbonyl (C=O) groups excluding carboxylic acids is 2. The largest absolute Gasteiger partial charge is 0.444 e. The van der Waals surface area contributed by atoms with Crippen LogP contribution >= 0.6 is 15.9 Å². The van der Waals surface area contributed by atoms with Crippen LogP contribution in [0.3, 0.4) is 0 Å². The standard InChI is InChI=1S/C18H25BrN2O3/c1-12(13-6-5-7-14(19)10-13)16(22)21-9-8-15(11-21)20-17(23)24-18(2,3)4/h5-7,10,12,15H,8-9,11H2,1-4H3,(H,20,23). The van der Waals surface area contributed by atoms with Gasteiger partial charge in [0.25, 0.3) is 0 Å². The van der Waals surface area contributed by atoms with E-state index in [1.165, 1.54) is 0 Å². The van der Waals surface area contributed by atoms with Crippen molar-refractivity contribution < 1.29 is 14.3 Å². The van der Waals surface area contributed by atoms with Gasteiger partial charge in [-0.3, -0.25) is 4.79 Å². The number of rotatable bonds is 3. The van der Waals surface area contributed by atoms with Crippen LogP contribution in [0, 0.1) is 0 Å². The molecular weight excluding hydrogens is 372 g/mol. The topological polar surface area (TPSA) is 58.6 Å². The number of hydrogen-bond donors (Lipinski definition) is 1. The van der Waals surface area contributed by atoms with Gasteiger partial charge in [-0.1, -0.05) is 28.1 Å². The van der Waals surface area contributed by atoms with Gasteiger partial charge in [0.05, 0.1) is 12.0 Å². The highest BCUT2D eigenvalue weighted by molar-refractivity contribution is 9.10. The van der Waals surface area contributed by atoms with E-state index in [0.29, 0.717) is 13.1 Å². The average Bonchev–Trinajstić information content (AvgIpc) is 2.92. The molecule has 2 rings (SSSR count). The highest BCUT2D eigenvalue weighted by Crippen LogP contribution is 2.23. The Labute approximate surface area is 151 Å². The van der Waals surface area contributed by atoms with Crippen LogP contribution in [0.5, 0.6) is 0 Å². The summed E-state index contributed by atoms with van der Waals surface area (Å²) in [6.07, 6.45) is 0.317. The number of carbonyl (C=O) groups is 2. The number of alkyl carbamates (subject to hydrolysis) is 1. The second kappa shape index (κ2) is 7.55. The number of nitrogens with one attached hydrogen (secondary N) is 1. The summed E-state index contributed by atoms with van der Waals surface area (Å²) >= 11 is 3.44. The first-order valence-corrected chi connectivity index (χ1v) is 8.99. The predicted molar refractivity (Wildman–Crippen MR) is 96.9 cm³/mol. The minimum Gasteiger partial charge on any atom is -0.444 e. The molecule has 1 saturated heterocycles. The normalized spacial score (nSPS) is 19.0. The summed E-state index contributed by atoms with van der Waals surface area (Å²) in [5, 5.41) is 2.85. The van der Waals surface area contributed by atoms with E-state index in [9.17, 15) is 9.59 Å². The molecular formula is C18H25BrN2O3. The smallest absolute Gasteiger partial charge is 0.407 e. The number of ether oxygens (including phenoxy) is 1. The van der Waals surface area contributed by atoms with Crippen molar-refractivity contribution in [2.75, 3.05) is 13.1 Å². The summed E-state index contributed by atoms with van der Waals surface area (Å²) in [7, 11) is 0. The van der Waals surface area contributed by atoms with Crippen LogP contribution in [0.1, 0.15) is 45.6 Å². The van der Waals surface area contributed by atoms with Crippen LogP contribution in [0.4, 0.5) is 4.79 Å². The number of nitrogens with zero attached hydrogens (tertiary/aromatic N) is 1. The highest BCUT2D eigenvalue weighted by Gasteiger charge is 2.31. The minimum absolute atomic E-state index is 0.0569. The van der Waals surface area contributed by atoms with Gasteiger partial charge in [-0.25, -0.2) is 4.79 Å². The zero-order valence-corrected chi connectivity index (χ0v) is 16.2. The lowest BCUT2D eigenvalue weighted by Crippen LogP contribution is -2.41. The van der Waals surface area contributed by atoms with Gasteiger partial charge in [-0.15, -0.1) is 0 Å². The van der Waals surface area contributed by atoms with E-state index in [0.717, 1.165) is 16.5 Å². The average molecular weight is 397 g/mol. The van der Waals surface area contributed by atoms with Crippen LogP contribution in [0.25, 0.3) is 0 Å². The van der Waals surface area contributed by atoms with E-state index < -0.39 is 11.7 Å². The molecule has 0 aliphatic carbocycles. The summed E-state index contributed by atoms with van der Waals surface area (Å²) in [6.45, 7) is 8.58. The Balaban J connectivity index is 1.90. The van der Waals surface area contributed by atoms with Crippen molar-refractivity contribution >= 4 is 27.9 Å². The van der Waals surface area contributed by atoms with Gasteiger partial charge in [0.1, 0.15) is 5.60 Å². The molecule has 0 saturated carbocycles. The van der Waals surface area contributed by atoms with Gasteiger partial charge in [0, 0.05) is 17.6 Å². The van der Waals surface area contributed by atoms with Crippen molar-refractivity contribution in [3.8, 4) is 0 Å². The number of hydrogen-bond acceptors (Lipinski definition) is 3. The van der Waals surface area contributed by atoms with Crippen LogP contribution in [-0.2, 0) is 9.53 Å². The van der Waals surface area contributed by atoms with Gasteiger partial charge >= 0.3 is 6.09 Å². The quantitative estimate of drug-likeness (QED) is 0.847. The second-order valence-corrected chi connectivity index (χ2v) is 8.11. The third-order valence-corrected chi connectivity index (χ3v) is 4.43. The molecule has 24 heavy (non-hydrogen) atoms. The fourth-order valence-corrected chi connectivity index (χ4v) is 3.16. The Morgan fingerprint density at radius 2 is 2.08 bits per heavy atom. The highest BCUT2D eigenvalue weighted by atomic mass is 79.9. The number of benzene rings is 1. The summed E-state index contributed by atoms with van der Waals surface area (Å²) in [4.78, 5) is 26.3. The van der Waals surface area contributed by atoms with Crippen molar-refractivity contribution in [3.63, 3.8) is 0 Å². The first-order valence-electron chi connectivity index (χ1n) is 8.19. The summed E-state index contributed by atoms with van der Waals surface area (Å²) < 4.78 is 6.23. The molecule has 1 aliphatic heterocycles. The molecule has 2 amide bonds. The Kier molecular flexibility index (Phi) is 5.91. The van der Waals surface area contributed by atoms with E-state index in [4.69, 9.17) is 4.74 Å². The van der Waals surface area contributed by atoms with E-state index >= 15 is 0 Å². The molecule has 132 valence electrons. The van der Waals surface area contributed by atoms with E-state index in [2.05, 4.69) is 21.2 Å². The van der Waals surface area contributed by atoms with Crippen molar-refractivity contribution in [1.82, 2.24) is 10.2 Å². The molecule has 0 aromatic heterocycles. The van der Waals surface area contributed by atoms with Gasteiger partial charge < -0.3 is 15.0 Å². The molecule has 1 aromatic rings. The van der Waals surface area contributed by atoms with E-state index in [-0.39, 0.29) is 17.9 Å². The molecule has 2 unspecified atom stereocenters. The monoisotopic (exact) mass is 396 g/mol. The Bertz CT molecular complexity index is 613. The molecule has 1 fully saturated rings. The third-order valence-electron chi connectivity index (χ3n) is 3.94. The molecule has 0 spiro atoms. The molecule has 0 radical (unpaired) electrons. The molecule has 1 aromatic carbocycles. The van der Waals surface area contributed by atoms with Gasteiger partial charge in [-0.2, -0.15) is 0 Å². The molecule has 1 aliphatic rings. The Morgan fingerprint density at radius 1 is 1.38 bits per heavy atom. The van der Waals surface area contributed by atoms with Crippen LogP contribution in [0.2, 0.25) is 0 Å². The van der Waals surface area contributed by atoms with Crippen molar-refractivity contribution in [3.05, 3.63) is 34.3 Å². The van der Waals surface area contributed by atoms with Crippen LogP contribution in [0.15, 0.2) is 28.7 Å². The maximum Gasteiger partial charge on any atom is 0.407 e. The summed E-state index contributed by atoms with van der Waals surface area (Å²) in [6, 6.07) is 7.74. The third kappa shape index (κ3) is 5.23. The van der Waals surface area contributed by atoms with Gasteiger partial charge in [-0.05, 0) is 51.8 Å². The summed E-state index contributed by atoms with van der Waals surface area (Å²) in [5.41, 5.74) is 0.464. The van der Waals surface area contributed by atoms with Crippen LogP contribution in [-0.4, -0.2) is 41.6 Å². The molecule has 2 atom stereocenters.